The summed E-state index contributed by atoms with van der Waals surface area (Å²) in [5, 5.41) is 4.30. The van der Waals surface area contributed by atoms with E-state index < -0.39 is 0 Å². The van der Waals surface area contributed by atoms with Gasteiger partial charge in [0.25, 0.3) is 0 Å². The van der Waals surface area contributed by atoms with Crippen molar-refractivity contribution >= 4 is 17.3 Å². The Morgan fingerprint density at radius 2 is 1.89 bits per heavy atom. The lowest BCUT2D eigenvalue weighted by Gasteiger charge is -2.24. The van der Waals surface area contributed by atoms with Crippen LogP contribution in [-0.2, 0) is 6.54 Å². The molecule has 0 saturated carbocycles. The van der Waals surface area contributed by atoms with Crippen LogP contribution in [0.25, 0.3) is 0 Å². The minimum Gasteiger partial charge on any atom is -0.372 e. The lowest BCUT2D eigenvalue weighted by Crippen LogP contribution is -2.25. The minimum atomic E-state index is 0.675. The van der Waals surface area contributed by atoms with Crippen molar-refractivity contribution in [1.29, 1.82) is 0 Å². The van der Waals surface area contributed by atoms with E-state index >= 15 is 0 Å². The standard InChI is InChI=1S/C15H25ClN2/c1-5-18(6-2)15-9-14(16)8-7-13(15)11-17-10-12(3)4/h7-9,12,17H,5-6,10-11H2,1-4H3. The van der Waals surface area contributed by atoms with Crippen molar-refractivity contribution in [2.45, 2.75) is 34.2 Å². The molecule has 0 unspecified atom stereocenters. The van der Waals surface area contributed by atoms with Gasteiger partial charge in [0.15, 0.2) is 0 Å². The van der Waals surface area contributed by atoms with Crippen molar-refractivity contribution in [3.05, 3.63) is 28.8 Å². The van der Waals surface area contributed by atoms with Crippen LogP contribution in [0.5, 0.6) is 0 Å². The number of rotatable bonds is 7. The van der Waals surface area contributed by atoms with Crippen LogP contribution in [0.2, 0.25) is 5.02 Å². The van der Waals surface area contributed by atoms with E-state index in [1.165, 1.54) is 11.3 Å². The third-order valence-corrected chi connectivity index (χ3v) is 3.25. The van der Waals surface area contributed by atoms with Crippen LogP contribution in [0.1, 0.15) is 33.3 Å². The topological polar surface area (TPSA) is 15.3 Å². The van der Waals surface area contributed by atoms with Crippen LogP contribution >= 0.6 is 11.6 Å². The number of anilines is 1. The van der Waals surface area contributed by atoms with Crippen LogP contribution in [0.3, 0.4) is 0 Å². The highest BCUT2D eigenvalue weighted by Crippen LogP contribution is 2.24. The SMILES string of the molecule is CCN(CC)c1cc(Cl)ccc1CNCC(C)C. The van der Waals surface area contributed by atoms with Gasteiger partial charge >= 0.3 is 0 Å². The molecule has 0 amide bonds. The smallest absolute Gasteiger partial charge is 0.0426 e. The monoisotopic (exact) mass is 268 g/mol. The van der Waals surface area contributed by atoms with Gasteiger partial charge in [-0.3, -0.25) is 0 Å². The Labute approximate surface area is 116 Å². The fourth-order valence-corrected chi connectivity index (χ4v) is 2.21. The molecule has 0 aliphatic heterocycles. The van der Waals surface area contributed by atoms with Crippen LogP contribution in [0, 0.1) is 5.92 Å². The van der Waals surface area contributed by atoms with Crippen molar-refractivity contribution in [3.63, 3.8) is 0 Å². The molecule has 0 heterocycles. The second-order valence-electron chi connectivity index (χ2n) is 4.97. The van der Waals surface area contributed by atoms with Gasteiger partial charge in [-0.2, -0.15) is 0 Å². The van der Waals surface area contributed by atoms with Gasteiger partial charge in [-0.15, -0.1) is 0 Å². The van der Waals surface area contributed by atoms with E-state index in [0.717, 1.165) is 31.2 Å². The summed E-state index contributed by atoms with van der Waals surface area (Å²) in [6, 6.07) is 6.17. The van der Waals surface area contributed by atoms with E-state index in [1.807, 2.05) is 6.07 Å². The molecule has 0 fully saturated rings. The third-order valence-electron chi connectivity index (χ3n) is 3.02. The molecule has 0 saturated heterocycles. The Morgan fingerprint density at radius 1 is 1.22 bits per heavy atom. The molecule has 0 bridgehead atoms. The zero-order chi connectivity index (χ0) is 13.5. The average Bonchev–Trinajstić information content (AvgIpc) is 2.33. The summed E-state index contributed by atoms with van der Waals surface area (Å²) in [7, 11) is 0. The first-order valence-electron chi connectivity index (χ1n) is 6.82. The van der Waals surface area contributed by atoms with E-state index in [1.54, 1.807) is 0 Å². The Bertz CT molecular complexity index is 360. The van der Waals surface area contributed by atoms with Crippen LogP contribution < -0.4 is 10.2 Å². The molecule has 102 valence electrons. The van der Waals surface area contributed by atoms with Gasteiger partial charge in [0.05, 0.1) is 0 Å². The molecular formula is C15H25ClN2. The lowest BCUT2D eigenvalue weighted by molar-refractivity contribution is 0.552. The number of halogens is 1. The summed E-state index contributed by atoms with van der Waals surface area (Å²) in [5.41, 5.74) is 2.58. The predicted molar refractivity (Wildman–Crippen MR) is 81.6 cm³/mol. The maximum atomic E-state index is 6.11. The minimum absolute atomic E-state index is 0.675. The fraction of sp³-hybridized carbons (Fsp3) is 0.600. The second kappa shape index (κ2) is 7.65. The highest BCUT2D eigenvalue weighted by Gasteiger charge is 2.09. The van der Waals surface area contributed by atoms with Crippen LogP contribution in [0.4, 0.5) is 5.69 Å². The van der Waals surface area contributed by atoms with Gasteiger partial charge in [0, 0.05) is 30.3 Å². The van der Waals surface area contributed by atoms with E-state index in [2.05, 4.69) is 50.0 Å². The highest BCUT2D eigenvalue weighted by molar-refractivity contribution is 6.30. The molecule has 2 nitrogen and oxygen atoms in total. The van der Waals surface area contributed by atoms with Gasteiger partial charge in [-0.25, -0.2) is 0 Å². The average molecular weight is 269 g/mol. The summed E-state index contributed by atoms with van der Waals surface area (Å²) in [5.74, 6) is 0.675. The predicted octanol–water partition coefficient (Wildman–Crippen LogP) is 3.93. The van der Waals surface area contributed by atoms with Crippen molar-refractivity contribution in [2.24, 2.45) is 5.92 Å². The molecule has 0 aromatic heterocycles. The van der Waals surface area contributed by atoms with E-state index in [0.29, 0.717) is 5.92 Å². The molecule has 0 spiro atoms. The van der Waals surface area contributed by atoms with Crippen molar-refractivity contribution < 1.29 is 0 Å². The number of hydrogen-bond donors (Lipinski definition) is 1. The number of hydrogen-bond acceptors (Lipinski definition) is 2. The van der Waals surface area contributed by atoms with Crippen molar-refractivity contribution in [3.8, 4) is 0 Å². The van der Waals surface area contributed by atoms with Gasteiger partial charge in [-0.05, 0) is 44.0 Å². The summed E-state index contributed by atoms with van der Waals surface area (Å²) in [6.07, 6.45) is 0. The molecule has 0 aliphatic carbocycles. The van der Waals surface area contributed by atoms with Crippen molar-refractivity contribution in [2.75, 3.05) is 24.5 Å². The normalized spacial score (nSPS) is 11.0. The Morgan fingerprint density at radius 3 is 2.44 bits per heavy atom. The Balaban J connectivity index is 2.82. The molecule has 0 aliphatic rings. The van der Waals surface area contributed by atoms with Gasteiger partial charge < -0.3 is 10.2 Å². The number of nitrogens with one attached hydrogen (secondary N) is 1. The van der Waals surface area contributed by atoms with Crippen LogP contribution in [0.15, 0.2) is 18.2 Å². The largest absolute Gasteiger partial charge is 0.372 e. The maximum absolute atomic E-state index is 6.11. The molecule has 0 atom stereocenters. The molecule has 18 heavy (non-hydrogen) atoms. The molecule has 1 N–H and O–H groups in total. The highest BCUT2D eigenvalue weighted by atomic mass is 35.5. The van der Waals surface area contributed by atoms with Gasteiger partial charge in [0.2, 0.25) is 0 Å². The van der Waals surface area contributed by atoms with E-state index in [9.17, 15) is 0 Å². The first kappa shape index (κ1) is 15.3. The molecule has 0 radical (unpaired) electrons. The van der Waals surface area contributed by atoms with Crippen LogP contribution in [-0.4, -0.2) is 19.6 Å². The zero-order valence-corrected chi connectivity index (χ0v) is 12.7. The second-order valence-corrected chi connectivity index (χ2v) is 5.41. The summed E-state index contributed by atoms with van der Waals surface area (Å²) in [4.78, 5) is 2.35. The summed E-state index contributed by atoms with van der Waals surface area (Å²) in [6.45, 7) is 12.8. The molecule has 3 heteroatoms. The van der Waals surface area contributed by atoms with E-state index in [4.69, 9.17) is 11.6 Å². The summed E-state index contributed by atoms with van der Waals surface area (Å²) < 4.78 is 0. The molecular weight excluding hydrogens is 244 g/mol. The fourth-order valence-electron chi connectivity index (χ4n) is 2.04. The maximum Gasteiger partial charge on any atom is 0.0426 e. The number of nitrogens with zero attached hydrogens (tertiary/aromatic N) is 1. The van der Waals surface area contributed by atoms with Gasteiger partial charge in [0.1, 0.15) is 0 Å². The number of benzene rings is 1. The molecule has 1 aromatic rings. The third kappa shape index (κ3) is 4.51. The zero-order valence-electron chi connectivity index (χ0n) is 12.0. The molecule has 1 rings (SSSR count). The van der Waals surface area contributed by atoms with Crippen molar-refractivity contribution in [1.82, 2.24) is 5.32 Å². The lowest BCUT2D eigenvalue weighted by atomic mass is 10.1. The van der Waals surface area contributed by atoms with E-state index in [-0.39, 0.29) is 0 Å². The molecule has 1 aromatic carbocycles. The Hall–Kier alpha value is -0.730. The first-order valence-corrected chi connectivity index (χ1v) is 7.20. The van der Waals surface area contributed by atoms with Gasteiger partial charge in [-0.1, -0.05) is 31.5 Å². The quantitative estimate of drug-likeness (QED) is 0.806. The first-order chi connectivity index (χ1) is 8.58. The Kier molecular flexibility index (Phi) is 6.51. The summed E-state index contributed by atoms with van der Waals surface area (Å²) >= 11 is 6.11.